The molecule has 0 saturated carbocycles. The van der Waals surface area contributed by atoms with Gasteiger partial charge >= 0.3 is 0 Å². The molecule has 33 heavy (non-hydrogen) atoms. The number of carbonyl (C=O) groups is 1. The summed E-state index contributed by atoms with van der Waals surface area (Å²) in [6.45, 7) is -0.445. The van der Waals surface area contributed by atoms with Gasteiger partial charge in [-0.1, -0.05) is 18.2 Å². The fourth-order valence-electron chi connectivity index (χ4n) is 3.09. The molecule has 0 fully saturated rings. The van der Waals surface area contributed by atoms with Gasteiger partial charge in [-0.25, -0.2) is 27.5 Å². The first-order valence-electron chi connectivity index (χ1n) is 9.76. The van der Waals surface area contributed by atoms with Crippen LogP contribution in [0.5, 0.6) is 0 Å². The van der Waals surface area contributed by atoms with Gasteiger partial charge in [0.2, 0.25) is 5.95 Å². The zero-order valence-electron chi connectivity index (χ0n) is 16.9. The first-order chi connectivity index (χ1) is 15.9. The molecule has 166 valence electrons. The molecule has 0 spiro atoms. The van der Waals surface area contributed by atoms with Crippen LogP contribution < -0.4 is 10.6 Å². The van der Waals surface area contributed by atoms with Crippen molar-refractivity contribution in [1.29, 1.82) is 0 Å². The summed E-state index contributed by atoms with van der Waals surface area (Å²) in [6, 6.07) is 13.5. The Labute approximate surface area is 186 Å². The third kappa shape index (κ3) is 5.32. The Morgan fingerprint density at radius 3 is 2.18 bits per heavy atom. The second-order valence-electron chi connectivity index (χ2n) is 7.04. The van der Waals surface area contributed by atoms with Crippen LogP contribution in [0, 0.1) is 23.3 Å². The molecule has 9 heteroatoms. The molecule has 0 unspecified atom stereocenters. The van der Waals surface area contributed by atoms with Crippen molar-refractivity contribution in [2.45, 2.75) is 6.54 Å². The van der Waals surface area contributed by atoms with E-state index in [-0.39, 0.29) is 17.3 Å². The normalized spacial score (nSPS) is 10.7. The number of nitrogens with one attached hydrogen (secondary N) is 2. The lowest BCUT2D eigenvalue weighted by molar-refractivity contribution is 0.0950. The zero-order chi connectivity index (χ0) is 23.4. The van der Waals surface area contributed by atoms with Crippen molar-refractivity contribution in [1.82, 2.24) is 15.3 Å². The smallest absolute Gasteiger partial charge is 0.251 e. The fourth-order valence-corrected chi connectivity index (χ4v) is 3.09. The van der Waals surface area contributed by atoms with E-state index in [1.54, 1.807) is 24.3 Å². The molecular formula is C24H16F4N4O. The molecule has 4 rings (SSSR count). The predicted octanol–water partition coefficient (Wildman–Crippen LogP) is 5.37. The van der Waals surface area contributed by atoms with Crippen LogP contribution in [0.25, 0.3) is 11.1 Å². The highest BCUT2D eigenvalue weighted by molar-refractivity contribution is 5.95. The van der Waals surface area contributed by atoms with Crippen LogP contribution >= 0.6 is 0 Å². The van der Waals surface area contributed by atoms with Crippen molar-refractivity contribution in [3.63, 3.8) is 0 Å². The summed E-state index contributed by atoms with van der Waals surface area (Å²) in [5, 5.41) is 5.36. The van der Waals surface area contributed by atoms with Crippen LogP contribution in [-0.4, -0.2) is 15.9 Å². The van der Waals surface area contributed by atoms with Crippen LogP contribution in [-0.2, 0) is 6.54 Å². The van der Waals surface area contributed by atoms with E-state index in [1.165, 1.54) is 36.7 Å². The molecule has 0 atom stereocenters. The maximum Gasteiger partial charge on any atom is 0.251 e. The standard InChI is InChI=1S/C24H16F4N4O/c25-17-5-1-3-14(7-17)16-11-30-24(31-12-16)32-19-6-2-4-15(8-19)23(33)29-13-20-21(27)9-18(26)10-22(20)28/h1-12H,13H2,(H,29,33)(H,30,31,32). The summed E-state index contributed by atoms with van der Waals surface area (Å²) < 4.78 is 53.9. The lowest BCUT2D eigenvalue weighted by Crippen LogP contribution is -2.24. The highest BCUT2D eigenvalue weighted by atomic mass is 19.1. The van der Waals surface area contributed by atoms with Crippen LogP contribution in [0.2, 0.25) is 0 Å². The minimum Gasteiger partial charge on any atom is -0.348 e. The predicted molar refractivity (Wildman–Crippen MR) is 115 cm³/mol. The molecule has 0 radical (unpaired) electrons. The summed E-state index contributed by atoms with van der Waals surface area (Å²) in [5.74, 6) is -3.89. The monoisotopic (exact) mass is 452 g/mol. The minimum absolute atomic E-state index is 0.222. The highest BCUT2D eigenvalue weighted by Gasteiger charge is 2.14. The van der Waals surface area contributed by atoms with Gasteiger partial charge in [-0.3, -0.25) is 4.79 Å². The van der Waals surface area contributed by atoms with E-state index in [0.29, 0.717) is 28.9 Å². The van der Waals surface area contributed by atoms with Crippen molar-refractivity contribution in [2.75, 3.05) is 5.32 Å². The second kappa shape index (κ2) is 9.47. The fraction of sp³-hybridized carbons (Fsp3) is 0.0417. The average Bonchev–Trinajstić information content (AvgIpc) is 2.79. The van der Waals surface area contributed by atoms with Crippen molar-refractivity contribution >= 4 is 17.5 Å². The molecule has 0 saturated heterocycles. The first-order valence-corrected chi connectivity index (χ1v) is 9.76. The van der Waals surface area contributed by atoms with Gasteiger partial charge in [0.05, 0.1) is 0 Å². The SMILES string of the molecule is O=C(NCc1c(F)cc(F)cc1F)c1cccc(Nc2ncc(-c3cccc(F)c3)cn2)c1. The third-order valence-electron chi connectivity index (χ3n) is 4.72. The Balaban J connectivity index is 1.43. The molecule has 0 aliphatic rings. The Bertz CT molecular complexity index is 1290. The van der Waals surface area contributed by atoms with Crippen LogP contribution in [0.3, 0.4) is 0 Å². The molecule has 4 aromatic rings. The summed E-state index contributed by atoms with van der Waals surface area (Å²) in [7, 11) is 0. The summed E-state index contributed by atoms with van der Waals surface area (Å²) >= 11 is 0. The summed E-state index contributed by atoms with van der Waals surface area (Å²) in [6.07, 6.45) is 3.07. The third-order valence-corrected chi connectivity index (χ3v) is 4.72. The van der Waals surface area contributed by atoms with E-state index in [0.717, 1.165) is 0 Å². The molecule has 1 aromatic heterocycles. The van der Waals surface area contributed by atoms with E-state index in [2.05, 4.69) is 20.6 Å². The van der Waals surface area contributed by atoms with Gasteiger partial charge in [0, 0.05) is 53.4 Å². The Morgan fingerprint density at radius 1 is 0.788 bits per heavy atom. The van der Waals surface area contributed by atoms with Gasteiger partial charge in [-0.15, -0.1) is 0 Å². The van der Waals surface area contributed by atoms with Gasteiger partial charge in [-0.2, -0.15) is 0 Å². The summed E-state index contributed by atoms with van der Waals surface area (Å²) in [4.78, 5) is 20.8. The number of anilines is 2. The number of halogens is 4. The number of aromatic nitrogens is 2. The Hall–Kier alpha value is -4.27. The molecule has 1 amide bonds. The van der Waals surface area contributed by atoms with Gasteiger partial charge in [-0.05, 0) is 35.9 Å². The van der Waals surface area contributed by atoms with Crippen molar-refractivity contribution in [3.8, 4) is 11.1 Å². The van der Waals surface area contributed by atoms with E-state index < -0.39 is 35.5 Å². The van der Waals surface area contributed by atoms with Crippen molar-refractivity contribution in [2.24, 2.45) is 0 Å². The molecule has 5 nitrogen and oxygen atoms in total. The zero-order valence-corrected chi connectivity index (χ0v) is 16.9. The second-order valence-corrected chi connectivity index (χ2v) is 7.04. The molecule has 3 aromatic carbocycles. The number of benzene rings is 3. The Kier molecular flexibility index (Phi) is 6.30. The van der Waals surface area contributed by atoms with Crippen LogP contribution in [0.15, 0.2) is 73.1 Å². The van der Waals surface area contributed by atoms with Crippen LogP contribution in [0.1, 0.15) is 15.9 Å². The number of amides is 1. The molecule has 0 aliphatic carbocycles. The largest absolute Gasteiger partial charge is 0.348 e. The van der Waals surface area contributed by atoms with E-state index in [4.69, 9.17) is 0 Å². The lowest BCUT2D eigenvalue weighted by atomic mass is 10.1. The number of carbonyl (C=O) groups excluding carboxylic acids is 1. The minimum atomic E-state index is -1.08. The van der Waals surface area contributed by atoms with Gasteiger partial charge in [0.15, 0.2) is 0 Å². The molecule has 0 aliphatic heterocycles. The first kappa shape index (κ1) is 21.9. The number of nitrogens with zero attached hydrogens (tertiary/aromatic N) is 2. The molecule has 2 N–H and O–H groups in total. The van der Waals surface area contributed by atoms with E-state index in [9.17, 15) is 22.4 Å². The van der Waals surface area contributed by atoms with Gasteiger partial charge in [0.1, 0.15) is 23.3 Å². The van der Waals surface area contributed by atoms with Crippen molar-refractivity contribution < 1.29 is 22.4 Å². The number of hydrogen-bond donors (Lipinski definition) is 2. The Morgan fingerprint density at radius 2 is 1.48 bits per heavy atom. The van der Waals surface area contributed by atoms with Crippen LogP contribution in [0.4, 0.5) is 29.2 Å². The van der Waals surface area contributed by atoms with E-state index in [1.807, 2.05) is 0 Å². The molecule has 1 heterocycles. The lowest BCUT2D eigenvalue weighted by Gasteiger charge is -2.10. The van der Waals surface area contributed by atoms with Gasteiger partial charge in [0.25, 0.3) is 5.91 Å². The topological polar surface area (TPSA) is 66.9 Å². The maximum atomic E-state index is 13.8. The van der Waals surface area contributed by atoms with Crippen molar-refractivity contribution in [3.05, 3.63) is 107 Å². The molecular weight excluding hydrogens is 436 g/mol. The molecule has 0 bridgehead atoms. The van der Waals surface area contributed by atoms with Gasteiger partial charge < -0.3 is 10.6 Å². The van der Waals surface area contributed by atoms with E-state index >= 15 is 0 Å². The maximum absolute atomic E-state index is 13.8. The highest BCUT2D eigenvalue weighted by Crippen LogP contribution is 2.21. The quantitative estimate of drug-likeness (QED) is 0.386. The summed E-state index contributed by atoms with van der Waals surface area (Å²) in [5.41, 5.74) is 1.55. The number of hydrogen-bond acceptors (Lipinski definition) is 4. The average molecular weight is 452 g/mol. The number of rotatable bonds is 6.